The Hall–Kier alpha value is -1.68. The van der Waals surface area contributed by atoms with E-state index in [1.807, 2.05) is 6.07 Å². The first-order valence-electron chi connectivity index (χ1n) is 8.97. The van der Waals surface area contributed by atoms with Gasteiger partial charge in [-0.15, -0.1) is 0 Å². The largest absolute Gasteiger partial charge is 0.444 e. The monoisotopic (exact) mass is 502 g/mol. The fourth-order valence-corrected chi connectivity index (χ4v) is 6.43. The van der Waals surface area contributed by atoms with Gasteiger partial charge in [-0.05, 0) is 59.1 Å². The minimum absolute atomic E-state index is 0.0202. The molecule has 0 unspecified atom stereocenters. The molecule has 0 N–H and O–H groups in total. The van der Waals surface area contributed by atoms with Crippen molar-refractivity contribution in [2.75, 3.05) is 18.0 Å². The van der Waals surface area contributed by atoms with Gasteiger partial charge in [-0.2, -0.15) is 4.31 Å². The second kappa shape index (κ2) is 7.86. The van der Waals surface area contributed by atoms with Gasteiger partial charge in [0.05, 0.1) is 10.6 Å². The molecular formula is C19H17BrClFN2O4S. The number of ether oxygens (including phenoxy) is 1. The summed E-state index contributed by atoms with van der Waals surface area (Å²) in [6.07, 6.45) is 0.431. The van der Waals surface area contributed by atoms with Crippen molar-refractivity contribution in [1.29, 1.82) is 0 Å². The van der Waals surface area contributed by atoms with Gasteiger partial charge in [0.25, 0.3) is 0 Å². The van der Waals surface area contributed by atoms with Gasteiger partial charge in [-0.3, -0.25) is 4.90 Å². The lowest BCUT2D eigenvalue weighted by Crippen LogP contribution is -2.50. The minimum Gasteiger partial charge on any atom is -0.444 e. The van der Waals surface area contributed by atoms with Gasteiger partial charge >= 0.3 is 6.09 Å². The summed E-state index contributed by atoms with van der Waals surface area (Å²) in [5.74, 6) is -0.518. The van der Waals surface area contributed by atoms with E-state index < -0.39 is 21.9 Å². The van der Waals surface area contributed by atoms with Crippen molar-refractivity contribution in [1.82, 2.24) is 4.31 Å². The maximum Gasteiger partial charge on any atom is 0.414 e. The Morgan fingerprint density at radius 1 is 1.17 bits per heavy atom. The van der Waals surface area contributed by atoms with Crippen molar-refractivity contribution >= 4 is 49.3 Å². The molecule has 2 aromatic carbocycles. The minimum atomic E-state index is -3.78. The van der Waals surface area contributed by atoms with Crippen LogP contribution in [-0.4, -0.2) is 37.9 Å². The Labute approximate surface area is 181 Å². The molecule has 2 heterocycles. The van der Waals surface area contributed by atoms with Gasteiger partial charge in [0.2, 0.25) is 10.0 Å². The Morgan fingerprint density at radius 2 is 1.90 bits per heavy atom. The molecule has 1 amide bonds. The standard InChI is InChI=1S/C19H17BrClFN2O4S/c20-15-10-12(22)4-5-18(15)29(26,27)23-8-6-13(7-9-23)24-17-3-1-2-16(21)14(17)11-28-19(24)25/h1-5,10,13H,6-9,11H2. The molecule has 2 aliphatic heterocycles. The molecule has 0 spiro atoms. The van der Waals surface area contributed by atoms with Gasteiger partial charge in [-0.25, -0.2) is 17.6 Å². The van der Waals surface area contributed by atoms with Crippen LogP contribution in [0, 0.1) is 5.82 Å². The van der Waals surface area contributed by atoms with Gasteiger partial charge in [0.1, 0.15) is 12.4 Å². The van der Waals surface area contributed by atoms with Crippen LogP contribution >= 0.6 is 27.5 Å². The molecule has 0 bridgehead atoms. The third-order valence-electron chi connectivity index (χ3n) is 5.19. The van der Waals surface area contributed by atoms with Crippen LogP contribution < -0.4 is 4.90 Å². The Balaban J connectivity index is 1.54. The molecule has 2 aliphatic rings. The van der Waals surface area contributed by atoms with E-state index in [-0.39, 0.29) is 35.1 Å². The molecule has 4 rings (SSSR count). The van der Waals surface area contributed by atoms with Crippen LogP contribution in [-0.2, 0) is 21.4 Å². The fourth-order valence-electron chi connectivity index (χ4n) is 3.73. The second-order valence-electron chi connectivity index (χ2n) is 6.87. The van der Waals surface area contributed by atoms with E-state index in [4.69, 9.17) is 16.3 Å². The van der Waals surface area contributed by atoms with Crippen LogP contribution in [0.3, 0.4) is 0 Å². The van der Waals surface area contributed by atoms with Gasteiger partial charge in [-0.1, -0.05) is 17.7 Å². The first-order valence-corrected chi connectivity index (χ1v) is 11.6. The number of anilines is 1. The van der Waals surface area contributed by atoms with E-state index in [1.165, 1.54) is 10.4 Å². The van der Waals surface area contributed by atoms with Crippen LogP contribution in [0.15, 0.2) is 45.8 Å². The lowest BCUT2D eigenvalue weighted by Gasteiger charge is -2.40. The highest BCUT2D eigenvalue weighted by Crippen LogP contribution is 2.36. The summed E-state index contributed by atoms with van der Waals surface area (Å²) >= 11 is 9.36. The van der Waals surface area contributed by atoms with Crippen LogP contribution in [0.2, 0.25) is 5.02 Å². The van der Waals surface area contributed by atoms with Crippen molar-refractivity contribution in [3.63, 3.8) is 0 Å². The number of cyclic esters (lactones) is 1. The number of fused-ring (bicyclic) bond motifs is 1. The number of carbonyl (C=O) groups excluding carboxylic acids is 1. The smallest absolute Gasteiger partial charge is 0.414 e. The number of sulfonamides is 1. The topological polar surface area (TPSA) is 66.9 Å². The van der Waals surface area contributed by atoms with E-state index in [2.05, 4.69) is 15.9 Å². The molecule has 154 valence electrons. The van der Waals surface area contributed by atoms with E-state index in [0.29, 0.717) is 23.6 Å². The highest BCUT2D eigenvalue weighted by Gasteiger charge is 2.38. The number of piperidine rings is 1. The number of carbonyl (C=O) groups is 1. The number of rotatable bonds is 3. The number of amides is 1. The van der Waals surface area contributed by atoms with Gasteiger partial charge < -0.3 is 4.74 Å². The molecule has 10 heteroatoms. The summed E-state index contributed by atoms with van der Waals surface area (Å²) in [5, 5.41) is 0.529. The zero-order valence-electron chi connectivity index (χ0n) is 15.1. The highest BCUT2D eigenvalue weighted by atomic mass is 79.9. The summed E-state index contributed by atoms with van der Waals surface area (Å²) in [5.41, 5.74) is 1.45. The van der Waals surface area contributed by atoms with Crippen LogP contribution in [0.5, 0.6) is 0 Å². The SMILES string of the molecule is O=C1OCc2c(Cl)cccc2N1C1CCN(S(=O)(=O)c2ccc(F)cc2Br)CC1. The first kappa shape index (κ1) is 20.6. The van der Waals surface area contributed by atoms with Crippen LogP contribution in [0.25, 0.3) is 0 Å². The maximum atomic E-state index is 13.3. The van der Waals surface area contributed by atoms with Crippen molar-refractivity contribution in [3.8, 4) is 0 Å². The lowest BCUT2D eigenvalue weighted by atomic mass is 10.0. The summed E-state index contributed by atoms with van der Waals surface area (Å²) in [4.78, 5) is 14.0. The molecule has 0 aliphatic carbocycles. The molecule has 0 saturated carbocycles. The zero-order chi connectivity index (χ0) is 20.8. The van der Waals surface area contributed by atoms with Gasteiger partial charge in [0, 0.05) is 34.2 Å². The van der Waals surface area contributed by atoms with Crippen LogP contribution in [0.1, 0.15) is 18.4 Å². The predicted molar refractivity (Wildman–Crippen MR) is 110 cm³/mol. The molecule has 6 nitrogen and oxygen atoms in total. The maximum absolute atomic E-state index is 13.3. The van der Waals surface area contributed by atoms with Crippen LogP contribution in [0.4, 0.5) is 14.9 Å². The molecule has 29 heavy (non-hydrogen) atoms. The summed E-state index contributed by atoms with van der Waals surface area (Å²) in [6, 6.07) is 8.63. The molecular weight excluding hydrogens is 487 g/mol. The third-order valence-corrected chi connectivity index (χ3v) is 8.42. The van der Waals surface area contributed by atoms with Gasteiger partial charge in [0.15, 0.2) is 0 Å². The summed E-state index contributed by atoms with van der Waals surface area (Å²) in [6.45, 7) is 0.586. The Kier molecular flexibility index (Phi) is 5.58. The van der Waals surface area contributed by atoms with E-state index >= 15 is 0 Å². The summed E-state index contributed by atoms with van der Waals surface area (Å²) in [7, 11) is -3.78. The Bertz CT molecular complexity index is 1070. The molecule has 0 aromatic heterocycles. The Morgan fingerprint density at radius 3 is 2.59 bits per heavy atom. The van der Waals surface area contributed by atoms with Crippen molar-refractivity contribution in [2.45, 2.75) is 30.4 Å². The normalized spacial score (nSPS) is 18.4. The molecule has 1 fully saturated rings. The number of hydrogen-bond acceptors (Lipinski definition) is 4. The average molecular weight is 504 g/mol. The van der Waals surface area contributed by atoms with E-state index in [1.54, 1.807) is 17.0 Å². The quantitative estimate of drug-likeness (QED) is 0.616. The molecule has 1 saturated heterocycles. The van der Waals surface area contributed by atoms with Crippen molar-refractivity contribution in [3.05, 3.63) is 57.3 Å². The van der Waals surface area contributed by atoms with E-state index in [9.17, 15) is 17.6 Å². The first-order chi connectivity index (χ1) is 13.8. The van der Waals surface area contributed by atoms with Crippen molar-refractivity contribution < 1.29 is 22.3 Å². The zero-order valence-corrected chi connectivity index (χ0v) is 18.3. The molecule has 2 aromatic rings. The highest BCUT2D eigenvalue weighted by molar-refractivity contribution is 9.10. The average Bonchev–Trinajstić information content (AvgIpc) is 2.68. The van der Waals surface area contributed by atoms with E-state index in [0.717, 1.165) is 17.7 Å². The number of hydrogen-bond donors (Lipinski definition) is 0. The lowest BCUT2D eigenvalue weighted by molar-refractivity contribution is 0.136. The fraction of sp³-hybridized carbons (Fsp3) is 0.316. The number of halogens is 3. The second-order valence-corrected chi connectivity index (χ2v) is 10.0. The molecule has 0 atom stereocenters. The third kappa shape index (κ3) is 3.76. The number of benzene rings is 2. The summed E-state index contributed by atoms with van der Waals surface area (Å²) < 4.78 is 46.1. The number of nitrogens with zero attached hydrogens (tertiary/aromatic N) is 2. The molecule has 0 radical (unpaired) electrons. The van der Waals surface area contributed by atoms with Crippen molar-refractivity contribution in [2.24, 2.45) is 0 Å². The predicted octanol–water partition coefficient (Wildman–Crippen LogP) is 4.55.